The van der Waals surface area contributed by atoms with Gasteiger partial charge in [0.2, 0.25) is 10.0 Å². The monoisotopic (exact) mass is 345 g/mol. The summed E-state index contributed by atoms with van der Waals surface area (Å²) in [7, 11) is -3.78. The summed E-state index contributed by atoms with van der Waals surface area (Å²) in [6, 6.07) is 3.84. The van der Waals surface area contributed by atoms with Gasteiger partial charge in [0.1, 0.15) is 0 Å². The lowest BCUT2D eigenvalue weighted by Gasteiger charge is -2.18. The third-order valence-electron chi connectivity index (χ3n) is 2.43. The molecule has 5 nitrogen and oxygen atoms in total. The number of aromatic carboxylic acids is 1. The van der Waals surface area contributed by atoms with E-state index < -0.39 is 16.0 Å². The highest BCUT2D eigenvalue weighted by Crippen LogP contribution is 2.23. The Morgan fingerprint density at radius 3 is 2.63 bits per heavy atom. The normalized spacial score (nSPS) is 11.3. The number of nitrogens with zero attached hydrogens (tertiary/aromatic N) is 1. The molecule has 102 valence electrons. The molecule has 0 spiro atoms. The summed E-state index contributed by atoms with van der Waals surface area (Å²) in [5.74, 6) is 1.06. The van der Waals surface area contributed by atoms with Crippen LogP contribution in [-0.4, -0.2) is 36.9 Å². The van der Waals surface area contributed by atoms with Gasteiger partial charge < -0.3 is 5.11 Å². The predicted octanol–water partition coefficient (Wildman–Crippen LogP) is 1.79. The van der Waals surface area contributed by atoms with Crippen LogP contribution in [0.1, 0.15) is 17.3 Å². The molecular weight excluding hydrogens is 334 g/mol. The Morgan fingerprint density at radius 1 is 1.53 bits per heavy atom. The topological polar surface area (TPSA) is 74.7 Å². The maximum absolute atomic E-state index is 12.3. The van der Waals surface area contributed by atoms with E-state index in [1.165, 1.54) is 12.1 Å². The minimum atomic E-state index is -3.78. The molecule has 1 N–H and O–H groups in total. The number of halogens is 1. The van der Waals surface area contributed by atoms with E-state index >= 15 is 0 Å². The minimum absolute atomic E-state index is 0.0582. The Hall–Kier alpha value is -1.36. The van der Waals surface area contributed by atoms with E-state index in [0.29, 0.717) is 4.47 Å². The second kappa shape index (κ2) is 6.19. The molecule has 0 aromatic heterocycles. The number of carbonyl (C=O) groups is 1. The lowest BCUT2D eigenvalue weighted by molar-refractivity contribution is 0.0695. The molecule has 0 aliphatic rings. The van der Waals surface area contributed by atoms with Gasteiger partial charge in [-0.1, -0.05) is 12.8 Å². The average Bonchev–Trinajstić information content (AvgIpc) is 2.35. The van der Waals surface area contributed by atoms with Crippen molar-refractivity contribution < 1.29 is 18.3 Å². The largest absolute Gasteiger partial charge is 0.478 e. The smallest absolute Gasteiger partial charge is 0.336 e. The zero-order valence-corrected chi connectivity index (χ0v) is 12.5. The van der Waals surface area contributed by atoms with Gasteiger partial charge in [0.25, 0.3) is 0 Å². The molecular formula is C12H12BrNO4S. The molecule has 19 heavy (non-hydrogen) atoms. The maximum atomic E-state index is 12.3. The zero-order valence-electron chi connectivity index (χ0n) is 10.1. The number of hydrogen-bond acceptors (Lipinski definition) is 3. The number of rotatable bonds is 5. The Balaban J connectivity index is 3.34. The summed E-state index contributed by atoms with van der Waals surface area (Å²) in [4.78, 5) is 10.9. The Kier molecular flexibility index (Phi) is 5.11. The van der Waals surface area contributed by atoms with Crippen LogP contribution >= 0.6 is 15.9 Å². The van der Waals surface area contributed by atoms with Crippen molar-refractivity contribution in [2.24, 2.45) is 0 Å². The molecule has 0 aliphatic carbocycles. The van der Waals surface area contributed by atoms with Crippen molar-refractivity contribution in [1.29, 1.82) is 0 Å². The van der Waals surface area contributed by atoms with Gasteiger partial charge in [-0.15, -0.1) is 6.42 Å². The van der Waals surface area contributed by atoms with Crippen molar-refractivity contribution in [2.45, 2.75) is 11.8 Å². The van der Waals surface area contributed by atoms with Gasteiger partial charge in [-0.05, 0) is 34.1 Å². The van der Waals surface area contributed by atoms with E-state index in [9.17, 15) is 13.2 Å². The second-order valence-corrected chi connectivity index (χ2v) is 6.37. The molecule has 0 fully saturated rings. The number of carboxylic acid groups (broad SMARTS) is 1. The molecule has 0 amide bonds. The van der Waals surface area contributed by atoms with Crippen molar-refractivity contribution in [3.63, 3.8) is 0 Å². The number of benzene rings is 1. The first-order valence-corrected chi connectivity index (χ1v) is 7.54. The highest BCUT2D eigenvalue weighted by Gasteiger charge is 2.24. The summed E-state index contributed by atoms with van der Waals surface area (Å²) in [6.07, 6.45) is 5.12. The van der Waals surface area contributed by atoms with E-state index in [1.54, 1.807) is 6.92 Å². The second-order valence-electron chi connectivity index (χ2n) is 3.58. The van der Waals surface area contributed by atoms with Gasteiger partial charge >= 0.3 is 5.97 Å². The Morgan fingerprint density at radius 2 is 2.16 bits per heavy atom. The summed E-state index contributed by atoms with van der Waals surface area (Å²) in [6.45, 7) is 1.81. The van der Waals surface area contributed by atoms with E-state index in [4.69, 9.17) is 11.5 Å². The molecule has 0 atom stereocenters. The third kappa shape index (κ3) is 3.35. The van der Waals surface area contributed by atoms with E-state index in [-0.39, 0.29) is 23.5 Å². The SMILES string of the molecule is C#CCN(CC)S(=O)(=O)c1ccc(Br)c(C(=O)O)c1. The van der Waals surface area contributed by atoms with E-state index in [0.717, 1.165) is 10.4 Å². The van der Waals surface area contributed by atoms with Crippen molar-refractivity contribution >= 4 is 31.9 Å². The Bertz CT molecular complexity index is 634. The number of sulfonamides is 1. The zero-order chi connectivity index (χ0) is 14.6. The van der Waals surface area contributed by atoms with E-state index in [2.05, 4.69) is 21.9 Å². The fraction of sp³-hybridized carbons (Fsp3) is 0.250. The molecule has 1 rings (SSSR count). The van der Waals surface area contributed by atoms with Crippen molar-refractivity contribution in [1.82, 2.24) is 4.31 Å². The Labute approximate surface area is 120 Å². The molecule has 0 bridgehead atoms. The first kappa shape index (κ1) is 15.7. The van der Waals surface area contributed by atoms with Crippen LogP contribution in [0.3, 0.4) is 0 Å². The fourth-order valence-corrected chi connectivity index (χ4v) is 3.25. The fourth-order valence-electron chi connectivity index (χ4n) is 1.45. The van der Waals surface area contributed by atoms with Crippen molar-refractivity contribution in [3.8, 4) is 12.3 Å². The molecule has 0 radical (unpaired) electrons. The van der Waals surface area contributed by atoms with Gasteiger partial charge in [0.15, 0.2) is 0 Å². The third-order valence-corrected chi connectivity index (χ3v) is 5.03. The van der Waals surface area contributed by atoms with Crippen molar-refractivity contribution in [2.75, 3.05) is 13.1 Å². The van der Waals surface area contributed by atoms with Crippen LogP contribution in [0, 0.1) is 12.3 Å². The molecule has 0 saturated carbocycles. The van der Waals surface area contributed by atoms with Crippen LogP contribution in [0.2, 0.25) is 0 Å². The highest BCUT2D eigenvalue weighted by atomic mass is 79.9. The minimum Gasteiger partial charge on any atom is -0.478 e. The predicted molar refractivity (Wildman–Crippen MR) is 74.4 cm³/mol. The number of terminal acetylenes is 1. The summed E-state index contributed by atoms with van der Waals surface area (Å²) in [5.41, 5.74) is -0.113. The molecule has 0 heterocycles. The highest BCUT2D eigenvalue weighted by molar-refractivity contribution is 9.10. The molecule has 1 aromatic carbocycles. The van der Waals surface area contributed by atoms with Gasteiger partial charge in [-0.2, -0.15) is 4.31 Å². The molecule has 0 saturated heterocycles. The van der Waals surface area contributed by atoms with Crippen LogP contribution in [-0.2, 0) is 10.0 Å². The van der Waals surface area contributed by atoms with Gasteiger partial charge in [0.05, 0.1) is 17.0 Å². The quantitative estimate of drug-likeness (QED) is 0.825. The van der Waals surface area contributed by atoms with Crippen molar-refractivity contribution in [3.05, 3.63) is 28.2 Å². The lowest BCUT2D eigenvalue weighted by atomic mass is 10.2. The molecule has 7 heteroatoms. The number of hydrogen-bond donors (Lipinski definition) is 1. The molecule has 0 aliphatic heterocycles. The number of carboxylic acids is 1. The lowest BCUT2D eigenvalue weighted by Crippen LogP contribution is -2.31. The van der Waals surface area contributed by atoms with Crippen LogP contribution in [0.4, 0.5) is 0 Å². The maximum Gasteiger partial charge on any atom is 0.336 e. The summed E-state index contributed by atoms with van der Waals surface area (Å²) in [5, 5.41) is 8.98. The summed E-state index contributed by atoms with van der Waals surface area (Å²) < 4.78 is 25.9. The van der Waals surface area contributed by atoms with E-state index in [1.807, 2.05) is 0 Å². The van der Waals surface area contributed by atoms with Gasteiger partial charge in [-0.3, -0.25) is 0 Å². The van der Waals surface area contributed by atoms with Gasteiger partial charge in [0, 0.05) is 11.0 Å². The summed E-state index contributed by atoms with van der Waals surface area (Å²) >= 11 is 3.06. The molecule has 0 unspecified atom stereocenters. The van der Waals surface area contributed by atoms with Crippen LogP contribution in [0.25, 0.3) is 0 Å². The first-order valence-electron chi connectivity index (χ1n) is 5.31. The van der Waals surface area contributed by atoms with Crippen LogP contribution < -0.4 is 0 Å². The van der Waals surface area contributed by atoms with Gasteiger partial charge in [-0.25, -0.2) is 13.2 Å². The standard InChI is InChI=1S/C12H12BrNO4S/c1-3-7-14(4-2)19(17,18)9-5-6-11(13)10(8-9)12(15)16/h1,5-6,8H,4,7H2,2H3,(H,15,16). The van der Waals surface area contributed by atoms with Crippen LogP contribution in [0.5, 0.6) is 0 Å². The van der Waals surface area contributed by atoms with Crippen LogP contribution in [0.15, 0.2) is 27.6 Å². The first-order chi connectivity index (χ1) is 8.84. The average molecular weight is 346 g/mol. The molecule has 1 aromatic rings.